The summed E-state index contributed by atoms with van der Waals surface area (Å²) in [5.41, 5.74) is 0.700. The summed E-state index contributed by atoms with van der Waals surface area (Å²) >= 11 is 1.68. The minimum atomic E-state index is -0.229. The number of ether oxygens (including phenoxy) is 1. The number of benzene rings is 1. The first-order valence-electron chi connectivity index (χ1n) is 5.22. The van der Waals surface area contributed by atoms with Gasteiger partial charge in [0.2, 0.25) is 0 Å². The molecule has 0 spiro atoms. The van der Waals surface area contributed by atoms with Crippen molar-refractivity contribution in [2.24, 2.45) is 0 Å². The van der Waals surface area contributed by atoms with Gasteiger partial charge in [-0.3, -0.25) is 4.79 Å². The topological polar surface area (TPSA) is 38.3 Å². The molecule has 4 heteroatoms. The van der Waals surface area contributed by atoms with Crippen LogP contribution in [0.3, 0.4) is 0 Å². The third-order valence-corrected chi connectivity index (χ3v) is 3.45. The van der Waals surface area contributed by atoms with E-state index in [4.69, 9.17) is 4.74 Å². The van der Waals surface area contributed by atoms with Crippen molar-refractivity contribution in [3.63, 3.8) is 0 Å². The monoisotopic (exact) mass is 237 g/mol. The van der Waals surface area contributed by atoms with E-state index in [1.807, 2.05) is 32.0 Å². The van der Waals surface area contributed by atoms with Crippen molar-refractivity contribution in [3.8, 4) is 5.75 Å². The van der Waals surface area contributed by atoms with Gasteiger partial charge in [-0.05, 0) is 39.1 Å². The van der Waals surface area contributed by atoms with Gasteiger partial charge in [-0.25, -0.2) is 0 Å². The third-order valence-electron chi connectivity index (χ3n) is 2.31. The number of Topliss-reactive ketones (excluding diaryl/α,β-unsaturated/α-hetero) is 1. The number of thioether (sulfide) groups is 1. The van der Waals surface area contributed by atoms with Gasteiger partial charge in [-0.1, -0.05) is 11.8 Å². The maximum Gasteiger partial charge on any atom is 0.176 e. The van der Waals surface area contributed by atoms with Gasteiger partial charge in [0.05, 0.1) is 11.4 Å². The summed E-state index contributed by atoms with van der Waals surface area (Å²) in [6.07, 6.45) is 0. The molecular formula is C12H15NO2S. The minimum Gasteiger partial charge on any atom is -0.476 e. The smallest absolute Gasteiger partial charge is 0.176 e. The second-order valence-corrected chi connectivity index (χ2v) is 5.85. The predicted molar refractivity (Wildman–Crippen MR) is 65.3 cm³/mol. The Labute approximate surface area is 99.6 Å². The first-order chi connectivity index (χ1) is 7.52. The average Bonchev–Trinajstić information content (AvgIpc) is 2.50. The number of nitrogens with one attached hydrogen (secondary N) is 1. The quantitative estimate of drug-likeness (QED) is 0.819. The first kappa shape index (κ1) is 11.5. The largest absolute Gasteiger partial charge is 0.476 e. The van der Waals surface area contributed by atoms with Crippen LogP contribution in [0.2, 0.25) is 0 Å². The van der Waals surface area contributed by atoms with Crippen molar-refractivity contribution < 1.29 is 9.53 Å². The molecule has 1 heterocycles. The molecule has 1 aliphatic rings. The highest BCUT2D eigenvalue weighted by molar-refractivity contribution is 8.00. The number of hydrogen-bond acceptors (Lipinski definition) is 4. The normalized spacial score (nSPS) is 16.7. The van der Waals surface area contributed by atoms with E-state index in [9.17, 15) is 4.79 Å². The number of hydrogen-bond donors (Lipinski definition) is 1. The summed E-state index contributed by atoms with van der Waals surface area (Å²) in [5.74, 6) is 0.903. The number of rotatable bonds is 3. The summed E-state index contributed by atoms with van der Waals surface area (Å²) < 4.78 is 5.75. The highest BCUT2D eigenvalue weighted by Crippen LogP contribution is 2.47. The van der Waals surface area contributed by atoms with Crippen molar-refractivity contribution in [1.29, 1.82) is 0 Å². The van der Waals surface area contributed by atoms with E-state index < -0.39 is 0 Å². The lowest BCUT2D eigenvalue weighted by molar-refractivity contribution is 0.0992. The lowest BCUT2D eigenvalue weighted by Crippen LogP contribution is -2.19. The van der Waals surface area contributed by atoms with Gasteiger partial charge in [-0.15, -0.1) is 0 Å². The predicted octanol–water partition coefficient (Wildman–Crippen LogP) is 2.31. The zero-order valence-electron chi connectivity index (χ0n) is 9.66. The lowest BCUT2D eigenvalue weighted by atomic mass is 10.1. The second kappa shape index (κ2) is 4.11. The highest BCUT2D eigenvalue weighted by Gasteiger charge is 2.31. The molecule has 0 radical (unpaired) electrons. The van der Waals surface area contributed by atoms with Gasteiger partial charge >= 0.3 is 0 Å². The van der Waals surface area contributed by atoms with Crippen LogP contribution in [-0.4, -0.2) is 24.3 Å². The molecule has 0 bridgehead atoms. The van der Waals surface area contributed by atoms with Gasteiger partial charge in [0.1, 0.15) is 5.75 Å². The van der Waals surface area contributed by atoms with Crippen LogP contribution in [-0.2, 0) is 0 Å². The summed E-state index contributed by atoms with van der Waals surface area (Å²) in [6, 6.07) is 5.64. The first-order valence-corrected chi connectivity index (χ1v) is 6.03. The van der Waals surface area contributed by atoms with Crippen molar-refractivity contribution in [2.75, 3.05) is 13.6 Å². The van der Waals surface area contributed by atoms with Crippen LogP contribution in [0.4, 0.5) is 0 Å². The standard InChI is InChI=1S/C12H15NO2S/c1-12(2)15-10-6-8(9(14)7-13-3)4-5-11(10)16-12/h4-6,13H,7H2,1-3H3. The minimum absolute atomic E-state index is 0.0867. The maximum absolute atomic E-state index is 11.7. The molecule has 0 atom stereocenters. The molecule has 0 fully saturated rings. The molecule has 0 amide bonds. The molecule has 0 unspecified atom stereocenters. The van der Waals surface area contributed by atoms with Crippen LogP contribution in [0.15, 0.2) is 23.1 Å². The Morgan fingerprint density at radius 3 is 2.94 bits per heavy atom. The van der Waals surface area contributed by atoms with Crippen LogP contribution in [0, 0.1) is 0 Å². The zero-order chi connectivity index (χ0) is 11.8. The van der Waals surface area contributed by atoms with E-state index in [0.29, 0.717) is 12.1 Å². The lowest BCUT2D eigenvalue weighted by Gasteiger charge is -2.15. The molecular weight excluding hydrogens is 222 g/mol. The molecule has 2 rings (SSSR count). The van der Waals surface area contributed by atoms with E-state index >= 15 is 0 Å². The summed E-state index contributed by atoms with van der Waals surface area (Å²) in [5, 5.41) is 2.85. The number of ketones is 1. The van der Waals surface area contributed by atoms with Gasteiger partial charge in [0, 0.05) is 5.56 Å². The fourth-order valence-corrected chi connectivity index (χ4v) is 2.66. The number of carbonyl (C=O) groups excluding carboxylic acids is 1. The van der Waals surface area contributed by atoms with E-state index in [1.54, 1.807) is 18.8 Å². The molecule has 86 valence electrons. The van der Waals surface area contributed by atoms with Crippen molar-refractivity contribution in [1.82, 2.24) is 5.32 Å². The molecule has 0 saturated heterocycles. The summed E-state index contributed by atoms with van der Waals surface area (Å²) in [4.78, 5) is 12.6. The van der Waals surface area contributed by atoms with Crippen LogP contribution < -0.4 is 10.1 Å². The Morgan fingerprint density at radius 2 is 2.25 bits per heavy atom. The van der Waals surface area contributed by atoms with Gasteiger partial charge < -0.3 is 10.1 Å². The Kier molecular flexibility index (Phi) is 2.95. The number of fused-ring (bicyclic) bond motifs is 1. The van der Waals surface area contributed by atoms with E-state index in [-0.39, 0.29) is 10.7 Å². The molecule has 0 aliphatic carbocycles. The van der Waals surface area contributed by atoms with E-state index in [0.717, 1.165) is 10.6 Å². The average molecular weight is 237 g/mol. The molecule has 1 aliphatic heterocycles. The molecule has 1 N–H and O–H groups in total. The molecule has 16 heavy (non-hydrogen) atoms. The molecule has 0 aromatic heterocycles. The Bertz CT molecular complexity index is 429. The van der Waals surface area contributed by atoms with Crippen molar-refractivity contribution in [2.45, 2.75) is 23.7 Å². The Hall–Kier alpha value is -1.000. The van der Waals surface area contributed by atoms with E-state index in [2.05, 4.69) is 5.32 Å². The summed E-state index contributed by atoms with van der Waals surface area (Å²) in [7, 11) is 1.76. The van der Waals surface area contributed by atoms with Crippen LogP contribution >= 0.6 is 11.8 Å². The number of carbonyl (C=O) groups is 1. The molecule has 0 saturated carbocycles. The third kappa shape index (κ3) is 2.23. The van der Waals surface area contributed by atoms with Crippen LogP contribution in [0.1, 0.15) is 24.2 Å². The maximum atomic E-state index is 11.7. The molecule has 3 nitrogen and oxygen atoms in total. The molecule has 1 aromatic carbocycles. The fourth-order valence-electron chi connectivity index (χ4n) is 1.66. The van der Waals surface area contributed by atoms with Gasteiger partial charge in [0.15, 0.2) is 10.7 Å². The van der Waals surface area contributed by atoms with Gasteiger partial charge in [0.25, 0.3) is 0 Å². The zero-order valence-corrected chi connectivity index (χ0v) is 10.5. The summed E-state index contributed by atoms with van der Waals surface area (Å²) in [6.45, 7) is 4.40. The SMILES string of the molecule is CNCC(=O)c1ccc2c(c1)OC(C)(C)S2. The Morgan fingerprint density at radius 1 is 1.50 bits per heavy atom. The second-order valence-electron chi connectivity index (χ2n) is 4.22. The van der Waals surface area contributed by atoms with Gasteiger partial charge in [-0.2, -0.15) is 0 Å². The van der Waals surface area contributed by atoms with Crippen LogP contribution in [0.5, 0.6) is 5.75 Å². The fraction of sp³-hybridized carbons (Fsp3) is 0.417. The van der Waals surface area contributed by atoms with Crippen LogP contribution in [0.25, 0.3) is 0 Å². The molecule has 1 aromatic rings. The highest BCUT2D eigenvalue weighted by atomic mass is 32.2. The van der Waals surface area contributed by atoms with E-state index in [1.165, 1.54) is 0 Å². The Balaban J connectivity index is 2.26. The van der Waals surface area contributed by atoms with Crippen molar-refractivity contribution in [3.05, 3.63) is 23.8 Å². The van der Waals surface area contributed by atoms with Crippen molar-refractivity contribution >= 4 is 17.5 Å². The number of likely N-dealkylation sites (N-methyl/N-ethyl adjacent to an activating group) is 1.